The molecule has 2 amide bonds. The van der Waals surface area contributed by atoms with E-state index in [4.69, 9.17) is 31.5 Å². The number of rotatable bonds is 8. The number of hydrogen-bond acceptors (Lipinski definition) is 7. The number of nitrogens with one attached hydrogen (secondary N) is 1. The minimum Gasteiger partial charge on any atom is -0.494 e. The molecule has 162 valence electrons. The molecule has 0 aliphatic carbocycles. The van der Waals surface area contributed by atoms with Gasteiger partial charge < -0.3 is 25.3 Å². The zero-order chi connectivity index (χ0) is 22.4. The monoisotopic (exact) mass is 461 g/mol. The van der Waals surface area contributed by atoms with Crippen molar-refractivity contribution in [1.29, 1.82) is 0 Å². The maximum atomic E-state index is 12.4. The van der Waals surface area contributed by atoms with Gasteiger partial charge in [-0.25, -0.2) is 4.99 Å². The Hall–Kier alpha value is -3.17. The highest BCUT2D eigenvalue weighted by Gasteiger charge is 2.24. The standard InChI is InChI=1S/C21H20ClN3O5S/c1-3-29-17-8-12(4-6-16(17)30-11-19(23)26)9-18-20(27)25-21(31-18)24-14-10-13(22)5-7-15(14)28-2/h4-10H,3,11H2,1-2H3,(H2,23,26)(H,24,25,27)/b18-9-. The van der Waals surface area contributed by atoms with Crippen molar-refractivity contribution in [2.45, 2.75) is 6.92 Å². The number of nitrogens with zero attached hydrogens (tertiary/aromatic N) is 1. The van der Waals surface area contributed by atoms with Crippen LogP contribution in [0.25, 0.3) is 6.08 Å². The Kier molecular flexibility index (Phi) is 7.43. The van der Waals surface area contributed by atoms with E-state index in [1.54, 1.807) is 42.5 Å². The summed E-state index contributed by atoms with van der Waals surface area (Å²) >= 11 is 7.23. The summed E-state index contributed by atoms with van der Waals surface area (Å²) < 4.78 is 16.2. The second-order valence-electron chi connectivity index (χ2n) is 6.19. The average molecular weight is 462 g/mol. The van der Waals surface area contributed by atoms with E-state index < -0.39 is 5.91 Å². The highest BCUT2D eigenvalue weighted by Crippen LogP contribution is 2.35. The molecule has 0 saturated carbocycles. The molecule has 10 heteroatoms. The van der Waals surface area contributed by atoms with Gasteiger partial charge in [0, 0.05) is 5.02 Å². The smallest absolute Gasteiger partial charge is 0.264 e. The summed E-state index contributed by atoms with van der Waals surface area (Å²) in [5.41, 5.74) is 6.35. The largest absolute Gasteiger partial charge is 0.494 e. The quantitative estimate of drug-likeness (QED) is 0.582. The zero-order valence-corrected chi connectivity index (χ0v) is 18.4. The number of benzene rings is 2. The van der Waals surface area contributed by atoms with Gasteiger partial charge in [0.2, 0.25) is 0 Å². The number of thioether (sulfide) groups is 1. The first kappa shape index (κ1) is 22.5. The molecule has 0 aromatic heterocycles. The number of methoxy groups -OCH3 is 1. The van der Waals surface area contributed by atoms with E-state index >= 15 is 0 Å². The van der Waals surface area contributed by atoms with Crippen molar-refractivity contribution in [3.05, 3.63) is 51.9 Å². The fraction of sp³-hybridized carbons (Fsp3) is 0.190. The number of carbonyl (C=O) groups is 2. The van der Waals surface area contributed by atoms with Gasteiger partial charge in [0.15, 0.2) is 23.3 Å². The van der Waals surface area contributed by atoms with Crippen LogP contribution in [0.3, 0.4) is 0 Å². The van der Waals surface area contributed by atoms with Gasteiger partial charge in [0.25, 0.3) is 11.8 Å². The van der Waals surface area contributed by atoms with Crippen LogP contribution in [0.2, 0.25) is 5.02 Å². The van der Waals surface area contributed by atoms with Crippen molar-refractivity contribution in [3.63, 3.8) is 0 Å². The van der Waals surface area contributed by atoms with Crippen molar-refractivity contribution in [2.24, 2.45) is 10.7 Å². The first-order valence-corrected chi connectivity index (χ1v) is 10.4. The normalized spacial score (nSPS) is 15.8. The number of halogens is 1. The van der Waals surface area contributed by atoms with Crippen LogP contribution in [0, 0.1) is 0 Å². The molecular weight excluding hydrogens is 442 g/mol. The molecule has 3 N–H and O–H groups in total. The van der Waals surface area contributed by atoms with Gasteiger partial charge in [0.1, 0.15) is 11.4 Å². The number of amides is 2. The summed E-state index contributed by atoms with van der Waals surface area (Å²) in [5, 5.41) is 3.64. The molecule has 0 spiro atoms. The lowest BCUT2D eigenvalue weighted by Crippen LogP contribution is -2.20. The third kappa shape index (κ3) is 5.93. The fourth-order valence-electron chi connectivity index (χ4n) is 2.64. The van der Waals surface area contributed by atoms with Gasteiger partial charge in [-0.05, 0) is 60.7 Å². The van der Waals surface area contributed by atoms with Crippen molar-refractivity contribution >= 4 is 52.1 Å². The lowest BCUT2D eigenvalue weighted by molar-refractivity contribution is -0.120. The lowest BCUT2D eigenvalue weighted by Gasteiger charge is -2.11. The summed E-state index contributed by atoms with van der Waals surface area (Å²) in [6.45, 7) is 1.97. The maximum absolute atomic E-state index is 12.4. The Bertz CT molecular complexity index is 1070. The van der Waals surface area contributed by atoms with Crippen LogP contribution in [-0.2, 0) is 9.59 Å². The van der Waals surface area contributed by atoms with Crippen LogP contribution in [0.15, 0.2) is 46.3 Å². The number of amidine groups is 1. The van der Waals surface area contributed by atoms with E-state index in [1.807, 2.05) is 6.92 Å². The average Bonchev–Trinajstić information content (AvgIpc) is 3.06. The number of hydrogen-bond donors (Lipinski definition) is 2. The van der Waals surface area contributed by atoms with Crippen molar-refractivity contribution in [2.75, 3.05) is 20.3 Å². The van der Waals surface area contributed by atoms with E-state index in [0.29, 0.717) is 50.2 Å². The molecule has 0 unspecified atom stereocenters. The van der Waals surface area contributed by atoms with Crippen LogP contribution in [0.5, 0.6) is 17.2 Å². The number of carbonyl (C=O) groups excluding carboxylic acids is 2. The predicted molar refractivity (Wildman–Crippen MR) is 121 cm³/mol. The molecule has 8 nitrogen and oxygen atoms in total. The number of nitrogens with two attached hydrogens (primary N) is 1. The zero-order valence-electron chi connectivity index (χ0n) is 16.8. The highest BCUT2D eigenvalue weighted by atomic mass is 35.5. The maximum Gasteiger partial charge on any atom is 0.264 e. The second kappa shape index (κ2) is 10.2. The number of primary amides is 1. The first-order valence-electron chi connectivity index (χ1n) is 9.20. The molecule has 1 saturated heterocycles. The van der Waals surface area contributed by atoms with Crippen LogP contribution >= 0.6 is 23.4 Å². The van der Waals surface area contributed by atoms with E-state index in [2.05, 4.69) is 10.3 Å². The van der Waals surface area contributed by atoms with E-state index in [0.717, 1.165) is 0 Å². The molecule has 3 rings (SSSR count). The third-order valence-electron chi connectivity index (χ3n) is 3.95. The van der Waals surface area contributed by atoms with Crippen molar-refractivity contribution in [3.8, 4) is 17.2 Å². The predicted octanol–water partition coefficient (Wildman–Crippen LogP) is 3.50. The van der Waals surface area contributed by atoms with Gasteiger partial charge in [0.05, 0.1) is 18.6 Å². The summed E-state index contributed by atoms with van der Waals surface area (Å²) in [4.78, 5) is 28.3. The first-order chi connectivity index (χ1) is 14.9. The molecule has 2 aromatic carbocycles. The summed E-state index contributed by atoms with van der Waals surface area (Å²) in [7, 11) is 1.53. The Morgan fingerprint density at radius 3 is 2.68 bits per heavy atom. The van der Waals surface area contributed by atoms with Crippen LogP contribution in [0.1, 0.15) is 12.5 Å². The van der Waals surface area contributed by atoms with Gasteiger partial charge >= 0.3 is 0 Å². The van der Waals surface area contributed by atoms with E-state index in [9.17, 15) is 9.59 Å². The highest BCUT2D eigenvalue weighted by molar-refractivity contribution is 8.18. The van der Waals surface area contributed by atoms with Crippen LogP contribution in [-0.4, -0.2) is 37.3 Å². The minimum atomic E-state index is -0.587. The molecule has 31 heavy (non-hydrogen) atoms. The Morgan fingerprint density at radius 2 is 1.97 bits per heavy atom. The third-order valence-corrected chi connectivity index (χ3v) is 5.09. The van der Waals surface area contributed by atoms with Gasteiger partial charge in [-0.2, -0.15) is 0 Å². The summed E-state index contributed by atoms with van der Waals surface area (Å²) in [6.07, 6.45) is 1.71. The molecule has 0 bridgehead atoms. The fourth-order valence-corrected chi connectivity index (χ4v) is 3.64. The molecule has 0 radical (unpaired) electrons. The Morgan fingerprint density at radius 1 is 1.19 bits per heavy atom. The van der Waals surface area contributed by atoms with E-state index in [1.165, 1.54) is 18.9 Å². The molecule has 1 aliphatic heterocycles. The second-order valence-corrected chi connectivity index (χ2v) is 7.66. The summed E-state index contributed by atoms with van der Waals surface area (Å²) in [6, 6.07) is 10.2. The number of aliphatic imine (C=N–C) groups is 1. The SMILES string of the molecule is CCOc1cc(/C=C2\SC(=Nc3cc(Cl)ccc3OC)NC2=O)ccc1OCC(N)=O. The summed E-state index contributed by atoms with van der Waals surface area (Å²) in [5.74, 6) is 0.505. The van der Waals surface area contributed by atoms with Crippen molar-refractivity contribution in [1.82, 2.24) is 5.32 Å². The number of ether oxygens (including phenoxy) is 3. The van der Waals surface area contributed by atoms with Gasteiger partial charge in [-0.15, -0.1) is 0 Å². The topological polar surface area (TPSA) is 112 Å². The molecular formula is C21H20ClN3O5S. The Balaban J connectivity index is 1.84. The van der Waals surface area contributed by atoms with E-state index in [-0.39, 0.29) is 12.5 Å². The van der Waals surface area contributed by atoms with Crippen LogP contribution < -0.4 is 25.3 Å². The minimum absolute atomic E-state index is 0.258. The molecule has 1 heterocycles. The van der Waals surface area contributed by atoms with Gasteiger partial charge in [-0.3, -0.25) is 9.59 Å². The Labute approximate surface area is 188 Å². The lowest BCUT2D eigenvalue weighted by atomic mass is 10.2. The van der Waals surface area contributed by atoms with Crippen molar-refractivity contribution < 1.29 is 23.8 Å². The molecule has 1 aliphatic rings. The molecule has 2 aromatic rings. The molecule has 0 atom stereocenters. The van der Waals surface area contributed by atoms with Gasteiger partial charge in [-0.1, -0.05) is 17.7 Å². The molecule has 1 fully saturated rings. The van der Waals surface area contributed by atoms with Crippen LogP contribution in [0.4, 0.5) is 5.69 Å².